The highest BCUT2D eigenvalue weighted by Crippen LogP contribution is 2.29. The maximum absolute atomic E-state index is 5.97. The maximum Gasteiger partial charge on any atom is 0.153 e. The summed E-state index contributed by atoms with van der Waals surface area (Å²) in [6.45, 7) is 6.10. The van der Waals surface area contributed by atoms with Crippen molar-refractivity contribution in [1.29, 1.82) is 0 Å². The summed E-state index contributed by atoms with van der Waals surface area (Å²) in [4.78, 5) is 4.33. The van der Waals surface area contributed by atoms with Crippen LogP contribution in [-0.2, 0) is 0 Å². The third kappa shape index (κ3) is 2.64. The molecule has 3 nitrogen and oxygen atoms in total. The van der Waals surface area contributed by atoms with E-state index in [0.717, 1.165) is 26.9 Å². The van der Waals surface area contributed by atoms with Crippen molar-refractivity contribution >= 4 is 33.1 Å². The number of nitrogens with two attached hydrogens (primary N) is 1. The molecule has 0 radical (unpaired) electrons. The van der Waals surface area contributed by atoms with E-state index in [-0.39, 0.29) is 0 Å². The van der Waals surface area contributed by atoms with Crippen LogP contribution in [0.2, 0.25) is 0 Å². The molecule has 3 N–H and O–H groups in total. The minimum Gasteiger partial charge on any atom is -0.396 e. The highest BCUT2D eigenvalue weighted by Gasteiger charge is 2.07. The predicted octanol–water partition coefficient (Wildman–Crippen LogP) is 4.10. The van der Waals surface area contributed by atoms with Gasteiger partial charge in [-0.2, -0.15) is 0 Å². The number of rotatable bonds is 2. The Morgan fingerprint density at radius 1 is 1.11 bits per heavy atom. The van der Waals surface area contributed by atoms with E-state index < -0.39 is 0 Å². The molecule has 2 aromatic rings. The van der Waals surface area contributed by atoms with E-state index in [0.29, 0.717) is 11.5 Å². The number of aryl methyl sites for hydroxylation is 3. The highest BCUT2D eigenvalue weighted by atomic mass is 79.9. The van der Waals surface area contributed by atoms with E-state index >= 15 is 0 Å². The number of nitrogen functional groups attached to an aromatic ring is 1. The first-order valence-electron chi connectivity index (χ1n) is 5.73. The van der Waals surface area contributed by atoms with E-state index in [4.69, 9.17) is 5.73 Å². The van der Waals surface area contributed by atoms with Crippen molar-refractivity contribution in [2.75, 3.05) is 11.1 Å². The maximum atomic E-state index is 5.97. The molecular formula is C14H16BrN3. The van der Waals surface area contributed by atoms with Crippen LogP contribution in [0.15, 0.2) is 28.9 Å². The Labute approximate surface area is 116 Å². The van der Waals surface area contributed by atoms with Crippen molar-refractivity contribution in [1.82, 2.24) is 4.98 Å². The Kier molecular flexibility index (Phi) is 3.57. The van der Waals surface area contributed by atoms with Crippen molar-refractivity contribution in [2.24, 2.45) is 0 Å². The van der Waals surface area contributed by atoms with Gasteiger partial charge < -0.3 is 11.1 Å². The first kappa shape index (κ1) is 12.9. The number of pyridine rings is 1. The topological polar surface area (TPSA) is 50.9 Å². The second-order valence-electron chi connectivity index (χ2n) is 4.49. The Morgan fingerprint density at radius 2 is 1.72 bits per heavy atom. The van der Waals surface area contributed by atoms with E-state index in [1.54, 1.807) is 0 Å². The minimum absolute atomic E-state index is 0.664. The first-order valence-corrected chi connectivity index (χ1v) is 6.52. The Hall–Kier alpha value is -1.55. The molecule has 0 bridgehead atoms. The average molecular weight is 306 g/mol. The van der Waals surface area contributed by atoms with Crippen LogP contribution < -0.4 is 11.1 Å². The van der Waals surface area contributed by atoms with Crippen LogP contribution in [0.1, 0.15) is 16.7 Å². The molecule has 1 aromatic heterocycles. The molecule has 18 heavy (non-hydrogen) atoms. The Balaban J connectivity index is 2.40. The molecule has 1 aromatic carbocycles. The largest absolute Gasteiger partial charge is 0.396 e. The minimum atomic E-state index is 0.664. The molecule has 0 aliphatic rings. The fourth-order valence-electron chi connectivity index (χ4n) is 1.92. The van der Waals surface area contributed by atoms with Gasteiger partial charge in [-0.25, -0.2) is 4.98 Å². The zero-order chi connectivity index (χ0) is 13.3. The van der Waals surface area contributed by atoms with Crippen LogP contribution >= 0.6 is 15.9 Å². The summed E-state index contributed by atoms with van der Waals surface area (Å²) in [7, 11) is 0. The molecule has 0 spiro atoms. The summed E-state index contributed by atoms with van der Waals surface area (Å²) in [5, 5.41) is 3.31. The van der Waals surface area contributed by atoms with Gasteiger partial charge in [0.05, 0.1) is 5.69 Å². The second-order valence-corrected chi connectivity index (χ2v) is 5.41. The molecule has 0 amide bonds. The summed E-state index contributed by atoms with van der Waals surface area (Å²) in [6.07, 6.45) is 1.81. The molecule has 0 saturated carbocycles. The van der Waals surface area contributed by atoms with Crippen molar-refractivity contribution in [3.05, 3.63) is 45.6 Å². The first-order chi connectivity index (χ1) is 8.47. The van der Waals surface area contributed by atoms with E-state index in [1.165, 1.54) is 0 Å². The zero-order valence-electron chi connectivity index (χ0n) is 10.7. The molecule has 0 saturated heterocycles. The second kappa shape index (κ2) is 4.98. The van der Waals surface area contributed by atoms with Crippen molar-refractivity contribution in [2.45, 2.75) is 20.8 Å². The third-order valence-corrected chi connectivity index (χ3v) is 3.25. The van der Waals surface area contributed by atoms with Crippen LogP contribution in [0.5, 0.6) is 0 Å². The molecule has 0 unspecified atom stereocenters. The lowest BCUT2D eigenvalue weighted by Crippen LogP contribution is -2.02. The van der Waals surface area contributed by atoms with Gasteiger partial charge in [0, 0.05) is 16.4 Å². The predicted molar refractivity (Wildman–Crippen MR) is 80.3 cm³/mol. The molecule has 1 heterocycles. The van der Waals surface area contributed by atoms with Gasteiger partial charge in [0.15, 0.2) is 5.82 Å². The average Bonchev–Trinajstić information content (AvgIpc) is 2.25. The number of benzene rings is 1. The van der Waals surface area contributed by atoms with Gasteiger partial charge in [-0.05, 0) is 55.7 Å². The summed E-state index contributed by atoms with van der Waals surface area (Å²) in [5.41, 5.74) is 11.1. The molecule has 2 rings (SSSR count). The molecule has 0 aliphatic carbocycles. The number of halogens is 1. The van der Waals surface area contributed by atoms with Crippen molar-refractivity contribution in [3.8, 4) is 0 Å². The lowest BCUT2D eigenvalue weighted by Gasteiger charge is -2.14. The fraction of sp³-hybridized carbons (Fsp3) is 0.214. The SMILES string of the molecule is Cc1cnc(Nc2c(C)cc(Br)cc2C)c(N)c1. The quantitative estimate of drug-likeness (QED) is 0.878. The third-order valence-electron chi connectivity index (χ3n) is 2.79. The number of anilines is 3. The number of hydrogen-bond acceptors (Lipinski definition) is 3. The lowest BCUT2D eigenvalue weighted by molar-refractivity contribution is 1.24. The van der Waals surface area contributed by atoms with Crippen LogP contribution in [0, 0.1) is 20.8 Å². The lowest BCUT2D eigenvalue weighted by atomic mass is 10.1. The van der Waals surface area contributed by atoms with E-state index in [2.05, 4.69) is 52.2 Å². The molecule has 0 aliphatic heterocycles. The van der Waals surface area contributed by atoms with E-state index in [1.807, 2.05) is 19.2 Å². The molecule has 0 atom stereocenters. The normalized spacial score (nSPS) is 10.4. The number of hydrogen-bond donors (Lipinski definition) is 2. The van der Waals surface area contributed by atoms with Gasteiger partial charge >= 0.3 is 0 Å². The van der Waals surface area contributed by atoms with Gasteiger partial charge in [0.2, 0.25) is 0 Å². The fourth-order valence-corrected chi connectivity index (χ4v) is 2.61. The standard InChI is InChI=1S/C14H16BrN3/c1-8-4-12(16)14(17-7-8)18-13-9(2)5-11(15)6-10(13)3/h4-7H,16H2,1-3H3,(H,17,18). The van der Waals surface area contributed by atoms with Crippen molar-refractivity contribution in [3.63, 3.8) is 0 Å². The summed E-state index contributed by atoms with van der Waals surface area (Å²) in [6, 6.07) is 6.05. The van der Waals surface area contributed by atoms with Crippen LogP contribution in [-0.4, -0.2) is 4.98 Å². The Bertz CT molecular complexity index is 571. The van der Waals surface area contributed by atoms with Crippen LogP contribution in [0.3, 0.4) is 0 Å². The van der Waals surface area contributed by atoms with Gasteiger partial charge in [0.1, 0.15) is 0 Å². The molecule has 0 fully saturated rings. The number of nitrogens with one attached hydrogen (secondary N) is 1. The van der Waals surface area contributed by atoms with Crippen molar-refractivity contribution < 1.29 is 0 Å². The van der Waals surface area contributed by atoms with Gasteiger partial charge in [-0.1, -0.05) is 15.9 Å². The summed E-state index contributed by atoms with van der Waals surface area (Å²) < 4.78 is 1.08. The van der Waals surface area contributed by atoms with Crippen LogP contribution in [0.25, 0.3) is 0 Å². The molecular weight excluding hydrogens is 290 g/mol. The Morgan fingerprint density at radius 3 is 2.28 bits per heavy atom. The van der Waals surface area contributed by atoms with Crippen LogP contribution in [0.4, 0.5) is 17.2 Å². The number of nitrogens with zero attached hydrogens (tertiary/aromatic N) is 1. The van der Waals surface area contributed by atoms with Gasteiger partial charge in [-0.3, -0.25) is 0 Å². The highest BCUT2D eigenvalue weighted by molar-refractivity contribution is 9.10. The molecule has 4 heteroatoms. The van der Waals surface area contributed by atoms with E-state index in [9.17, 15) is 0 Å². The van der Waals surface area contributed by atoms with Gasteiger partial charge in [-0.15, -0.1) is 0 Å². The zero-order valence-corrected chi connectivity index (χ0v) is 12.3. The summed E-state index contributed by atoms with van der Waals surface area (Å²) >= 11 is 3.49. The molecule has 94 valence electrons. The monoisotopic (exact) mass is 305 g/mol. The number of aromatic nitrogens is 1. The summed E-state index contributed by atoms with van der Waals surface area (Å²) in [5.74, 6) is 0.703. The van der Waals surface area contributed by atoms with Gasteiger partial charge in [0.25, 0.3) is 0 Å². The smallest absolute Gasteiger partial charge is 0.153 e.